The molecule has 0 aliphatic heterocycles. The van der Waals surface area contributed by atoms with Gasteiger partial charge in [-0.05, 0) is 36.6 Å². The summed E-state index contributed by atoms with van der Waals surface area (Å²) in [6.07, 6.45) is 6.03. The summed E-state index contributed by atoms with van der Waals surface area (Å²) in [6, 6.07) is 9.10. The summed E-state index contributed by atoms with van der Waals surface area (Å²) < 4.78 is 7.54. The molecule has 1 aliphatic rings. The summed E-state index contributed by atoms with van der Waals surface area (Å²) in [7, 11) is 0. The van der Waals surface area contributed by atoms with Crippen LogP contribution in [0.1, 0.15) is 34.9 Å². The summed E-state index contributed by atoms with van der Waals surface area (Å²) in [4.78, 5) is 24.9. The van der Waals surface area contributed by atoms with Crippen LogP contribution in [0, 0.1) is 25.1 Å². The molecule has 1 saturated carbocycles. The van der Waals surface area contributed by atoms with Crippen LogP contribution >= 0.6 is 0 Å². The Bertz CT molecular complexity index is 947. The second-order valence-electron chi connectivity index (χ2n) is 7.03. The minimum absolute atomic E-state index is 0. The molecule has 1 aliphatic carbocycles. The van der Waals surface area contributed by atoms with E-state index in [-0.39, 0.29) is 63.2 Å². The molecule has 4 rings (SSSR count). The van der Waals surface area contributed by atoms with Crippen LogP contribution in [0.5, 0.6) is 0 Å². The molecule has 3 unspecified atom stereocenters. The van der Waals surface area contributed by atoms with Crippen molar-refractivity contribution in [3.63, 3.8) is 0 Å². The van der Waals surface area contributed by atoms with E-state index in [1.807, 2.05) is 29.7 Å². The molecule has 140 valence electrons. The van der Waals surface area contributed by atoms with Crippen LogP contribution < -0.4 is 0 Å². The molecule has 2 aromatic heterocycles. The maximum absolute atomic E-state index is 12.2. The number of aliphatic hydroxyl groups excluding tert-OH is 1. The number of ether oxygens (including phenoxy) is 1. The minimum Gasteiger partial charge on any atom is -0.462 e. The van der Waals surface area contributed by atoms with Gasteiger partial charge in [0.1, 0.15) is 0 Å². The molecule has 1 N–H and O–H groups in total. The Hall–Kier alpha value is -1.70. The van der Waals surface area contributed by atoms with Crippen molar-refractivity contribution in [1.29, 1.82) is 0 Å². The molecule has 0 bridgehead atoms. The first-order valence-corrected chi connectivity index (χ1v) is 9.07. The Kier molecular flexibility index (Phi) is 6.91. The normalized spacial score (nSPS) is 21.4. The van der Waals surface area contributed by atoms with Crippen molar-refractivity contribution in [2.75, 3.05) is 13.2 Å². The van der Waals surface area contributed by atoms with Gasteiger partial charge < -0.3 is 24.4 Å². The monoisotopic (exact) mass is 454 g/mol. The number of imidazole rings is 1. The Balaban J connectivity index is 0.00000225. The molecular weight excluding hydrogens is 433 g/mol. The van der Waals surface area contributed by atoms with Crippen molar-refractivity contribution in [3.05, 3.63) is 54.2 Å². The van der Waals surface area contributed by atoms with Gasteiger partial charge in [-0.25, -0.2) is 4.79 Å². The average molecular weight is 454 g/mol. The van der Waals surface area contributed by atoms with Crippen molar-refractivity contribution in [3.8, 4) is 0 Å². The molecule has 0 amide bonds. The predicted molar refractivity (Wildman–Crippen MR) is 98.0 cm³/mol. The molecule has 0 radical (unpaired) electrons. The van der Waals surface area contributed by atoms with Crippen LogP contribution in [0.15, 0.2) is 36.7 Å². The molecule has 3 atom stereocenters. The van der Waals surface area contributed by atoms with Crippen LogP contribution in [0.25, 0.3) is 11.2 Å². The van der Waals surface area contributed by atoms with Crippen molar-refractivity contribution in [1.82, 2.24) is 19.5 Å². The average Bonchev–Trinajstić information content (AvgIpc) is 3.31. The summed E-state index contributed by atoms with van der Waals surface area (Å²) >= 11 is 0. The van der Waals surface area contributed by atoms with E-state index in [9.17, 15) is 9.90 Å². The van der Waals surface area contributed by atoms with E-state index in [0.29, 0.717) is 12.2 Å². The van der Waals surface area contributed by atoms with Crippen molar-refractivity contribution >= 4 is 17.1 Å². The van der Waals surface area contributed by atoms with Crippen LogP contribution in [0.3, 0.4) is 0 Å². The van der Waals surface area contributed by atoms with Gasteiger partial charge in [0.05, 0.1) is 18.5 Å². The predicted octanol–water partition coefficient (Wildman–Crippen LogP) is 2.35. The van der Waals surface area contributed by atoms with Crippen LogP contribution in [0.4, 0.5) is 0 Å². The number of benzene rings is 1. The van der Waals surface area contributed by atoms with E-state index in [0.717, 1.165) is 29.7 Å². The minimum atomic E-state index is -0.332. The SMILES string of the molecule is Cc1n[c-]nc2c1ncn2C1CC(CO)C(COC(=O)c2ccccc2)C1.[Y+3]. The van der Waals surface area contributed by atoms with E-state index in [2.05, 4.69) is 21.3 Å². The molecular formula is C20H21N4O3Y+2. The second-order valence-corrected chi connectivity index (χ2v) is 7.03. The summed E-state index contributed by atoms with van der Waals surface area (Å²) in [6.45, 7) is 2.24. The van der Waals surface area contributed by atoms with Gasteiger partial charge in [-0.2, -0.15) is 0 Å². The molecule has 0 saturated heterocycles. The van der Waals surface area contributed by atoms with E-state index < -0.39 is 0 Å². The number of aryl methyl sites for hydroxylation is 1. The van der Waals surface area contributed by atoms with Crippen molar-refractivity contribution < 1.29 is 47.3 Å². The molecule has 2 heterocycles. The van der Waals surface area contributed by atoms with Gasteiger partial charge in [0.25, 0.3) is 0 Å². The van der Waals surface area contributed by atoms with Gasteiger partial charge in [0, 0.05) is 36.1 Å². The van der Waals surface area contributed by atoms with Gasteiger partial charge in [-0.15, -0.1) is 0 Å². The topological polar surface area (TPSA) is 90.1 Å². The first-order valence-electron chi connectivity index (χ1n) is 9.07. The number of hydrogen-bond donors (Lipinski definition) is 1. The summed E-state index contributed by atoms with van der Waals surface area (Å²) in [5.41, 5.74) is 2.86. The Morgan fingerprint density at radius 1 is 1.25 bits per heavy atom. The first kappa shape index (κ1) is 21.0. The number of hydrogen-bond acceptors (Lipinski definition) is 6. The first-order chi connectivity index (χ1) is 13.2. The zero-order valence-electron chi connectivity index (χ0n) is 15.7. The third-order valence-electron chi connectivity index (χ3n) is 5.37. The largest absolute Gasteiger partial charge is 3.00 e. The van der Waals surface area contributed by atoms with E-state index in [1.54, 1.807) is 18.5 Å². The maximum Gasteiger partial charge on any atom is 3.00 e. The summed E-state index contributed by atoms with van der Waals surface area (Å²) in [5, 5.41) is 9.79. The number of aromatic nitrogens is 4. The quantitative estimate of drug-likeness (QED) is 0.470. The number of carbonyl (C=O) groups is 1. The number of esters is 1. The number of nitrogens with zero attached hydrogens (tertiary/aromatic N) is 4. The van der Waals surface area contributed by atoms with Gasteiger partial charge in [-0.1, -0.05) is 25.1 Å². The fourth-order valence-electron chi connectivity index (χ4n) is 3.86. The zero-order valence-corrected chi connectivity index (χ0v) is 18.5. The fraction of sp³-hybridized carbons (Fsp3) is 0.400. The molecule has 1 aromatic carbocycles. The van der Waals surface area contributed by atoms with Crippen LogP contribution in [-0.4, -0.2) is 43.8 Å². The number of aliphatic hydroxyl groups is 1. The smallest absolute Gasteiger partial charge is 0.462 e. The van der Waals surface area contributed by atoms with Crippen molar-refractivity contribution in [2.45, 2.75) is 25.8 Å². The van der Waals surface area contributed by atoms with E-state index in [4.69, 9.17) is 4.74 Å². The summed E-state index contributed by atoms with van der Waals surface area (Å²) in [5.74, 6) is -0.165. The van der Waals surface area contributed by atoms with E-state index in [1.165, 1.54) is 0 Å². The zero-order chi connectivity index (χ0) is 18.8. The Morgan fingerprint density at radius 3 is 2.75 bits per heavy atom. The van der Waals surface area contributed by atoms with Gasteiger partial charge >= 0.3 is 38.7 Å². The molecule has 0 spiro atoms. The molecule has 28 heavy (non-hydrogen) atoms. The third kappa shape index (κ3) is 4.16. The third-order valence-corrected chi connectivity index (χ3v) is 5.37. The molecule has 8 heteroatoms. The van der Waals surface area contributed by atoms with Gasteiger partial charge in [0.15, 0.2) is 0 Å². The number of rotatable bonds is 5. The fourth-order valence-corrected chi connectivity index (χ4v) is 3.86. The van der Waals surface area contributed by atoms with Gasteiger partial charge in [-0.3, -0.25) is 4.98 Å². The molecule has 1 fully saturated rings. The van der Waals surface area contributed by atoms with Crippen LogP contribution in [-0.2, 0) is 37.4 Å². The van der Waals surface area contributed by atoms with Crippen LogP contribution in [0.2, 0.25) is 0 Å². The number of carbonyl (C=O) groups excluding carboxylic acids is 1. The van der Waals surface area contributed by atoms with Gasteiger partial charge in [0.2, 0.25) is 0 Å². The van der Waals surface area contributed by atoms with Crippen molar-refractivity contribution in [2.24, 2.45) is 11.8 Å². The maximum atomic E-state index is 12.2. The molecule has 7 nitrogen and oxygen atoms in total. The Labute approximate surface area is 188 Å². The number of fused-ring (bicyclic) bond motifs is 1. The Morgan fingerprint density at radius 2 is 2.00 bits per heavy atom. The standard InChI is InChI=1S/C20H21N4O3.Y/c1-13-18-19(22-11-21-13)24(12-23-18)17-7-15(9-25)16(8-17)10-27-20(26)14-5-3-2-4-6-14;/h2-6,12,15-17,25H,7-10H2,1H3;/q-1;+3. The van der Waals surface area contributed by atoms with E-state index >= 15 is 0 Å². The second kappa shape index (κ2) is 9.20. The molecule has 3 aromatic rings.